The van der Waals surface area contributed by atoms with Crippen LogP contribution in [0, 0.1) is 6.92 Å². The Balaban J connectivity index is 1.71. The Labute approximate surface area is 147 Å². The molecular weight excluding hydrogens is 318 g/mol. The molecule has 2 rings (SSSR count). The van der Waals surface area contributed by atoms with Crippen molar-refractivity contribution < 1.29 is 14.3 Å². The summed E-state index contributed by atoms with van der Waals surface area (Å²) in [7, 11) is 3.89. The largest absolute Gasteiger partial charge is 0.484 e. The van der Waals surface area contributed by atoms with Crippen LogP contribution in [0.2, 0.25) is 0 Å². The Kier molecular flexibility index (Phi) is 6.39. The number of nitrogens with one attached hydrogen (secondary N) is 2. The average molecular weight is 341 g/mol. The number of carbonyl (C=O) groups is 2. The minimum Gasteiger partial charge on any atom is -0.484 e. The van der Waals surface area contributed by atoms with Crippen molar-refractivity contribution >= 4 is 23.2 Å². The van der Waals surface area contributed by atoms with Gasteiger partial charge in [0.2, 0.25) is 5.91 Å². The van der Waals surface area contributed by atoms with E-state index in [0.717, 1.165) is 11.3 Å². The molecule has 6 heteroatoms. The molecule has 0 fully saturated rings. The fourth-order valence-electron chi connectivity index (χ4n) is 2.06. The highest BCUT2D eigenvalue weighted by atomic mass is 16.5. The van der Waals surface area contributed by atoms with Gasteiger partial charge in [0.1, 0.15) is 5.75 Å². The van der Waals surface area contributed by atoms with Gasteiger partial charge in [-0.25, -0.2) is 0 Å². The smallest absolute Gasteiger partial charge is 0.258 e. The van der Waals surface area contributed by atoms with E-state index in [4.69, 9.17) is 4.74 Å². The van der Waals surface area contributed by atoms with E-state index in [1.807, 2.05) is 62.3 Å². The minimum absolute atomic E-state index is 0.106. The number of aryl methyl sites for hydroxylation is 1. The molecule has 0 aliphatic carbocycles. The molecule has 0 radical (unpaired) electrons. The highest BCUT2D eigenvalue weighted by Crippen LogP contribution is 2.15. The van der Waals surface area contributed by atoms with Crippen molar-refractivity contribution in [2.75, 3.05) is 37.5 Å². The molecule has 2 aromatic rings. The Hall–Kier alpha value is -3.02. The molecule has 6 nitrogen and oxygen atoms in total. The van der Waals surface area contributed by atoms with E-state index in [1.54, 1.807) is 12.1 Å². The summed E-state index contributed by atoms with van der Waals surface area (Å²) in [6, 6.07) is 14.8. The van der Waals surface area contributed by atoms with Crippen molar-refractivity contribution in [2.45, 2.75) is 6.92 Å². The quantitative estimate of drug-likeness (QED) is 0.810. The molecule has 2 aromatic carbocycles. The predicted molar refractivity (Wildman–Crippen MR) is 99.1 cm³/mol. The van der Waals surface area contributed by atoms with Gasteiger partial charge in [-0.15, -0.1) is 0 Å². The lowest BCUT2D eigenvalue weighted by molar-refractivity contribution is -0.125. The normalized spacial score (nSPS) is 10.0. The fraction of sp³-hybridized carbons (Fsp3) is 0.263. The van der Waals surface area contributed by atoms with Crippen molar-refractivity contribution in [1.29, 1.82) is 0 Å². The fourth-order valence-corrected chi connectivity index (χ4v) is 2.06. The second-order valence-electron chi connectivity index (χ2n) is 5.87. The van der Waals surface area contributed by atoms with Gasteiger partial charge in [-0.05, 0) is 43.3 Å². The molecule has 0 spiro atoms. The summed E-state index contributed by atoms with van der Waals surface area (Å²) < 4.78 is 5.36. The molecule has 2 amide bonds. The van der Waals surface area contributed by atoms with Crippen LogP contribution in [0.5, 0.6) is 5.75 Å². The van der Waals surface area contributed by atoms with E-state index in [-0.39, 0.29) is 25.0 Å². The van der Waals surface area contributed by atoms with Crippen LogP contribution in [0.15, 0.2) is 48.5 Å². The molecule has 0 aromatic heterocycles. The number of nitrogens with zero attached hydrogens (tertiary/aromatic N) is 1. The molecular formula is C19H23N3O3. The van der Waals surface area contributed by atoms with Crippen LogP contribution in [-0.2, 0) is 9.59 Å². The topological polar surface area (TPSA) is 70.7 Å². The monoisotopic (exact) mass is 341 g/mol. The van der Waals surface area contributed by atoms with Gasteiger partial charge in [0, 0.05) is 25.5 Å². The molecule has 0 atom stereocenters. The maximum atomic E-state index is 11.9. The number of amides is 2. The highest BCUT2D eigenvalue weighted by molar-refractivity contribution is 5.94. The summed E-state index contributed by atoms with van der Waals surface area (Å²) in [5.41, 5.74) is 2.84. The molecule has 0 aliphatic heterocycles. The summed E-state index contributed by atoms with van der Waals surface area (Å²) in [5, 5.41) is 5.26. The third-order valence-electron chi connectivity index (χ3n) is 3.50. The third-order valence-corrected chi connectivity index (χ3v) is 3.50. The van der Waals surface area contributed by atoms with E-state index in [2.05, 4.69) is 10.6 Å². The van der Waals surface area contributed by atoms with Crippen molar-refractivity contribution in [2.24, 2.45) is 0 Å². The Morgan fingerprint density at radius 3 is 2.20 bits per heavy atom. The van der Waals surface area contributed by atoms with E-state index in [9.17, 15) is 9.59 Å². The zero-order chi connectivity index (χ0) is 18.2. The first-order valence-corrected chi connectivity index (χ1v) is 7.97. The van der Waals surface area contributed by atoms with E-state index in [1.165, 1.54) is 0 Å². The Morgan fingerprint density at radius 1 is 0.960 bits per heavy atom. The average Bonchev–Trinajstić information content (AvgIpc) is 2.60. The third kappa shape index (κ3) is 6.18. The maximum absolute atomic E-state index is 11.9. The van der Waals surface area contributed by atoms with Crippen LogP contribution in [0.3, 0.4) is 0 Å². The second-order valence-corrected chi connectivity index (χ2v) is 5.87. The molecule has 132 valence electrons. The molecule has 0 unspecified atom stereocenters. The van der Waals surface area contributed by atoms with Crippen LogP contribution in [0.1, 0.15) is 5.56 Å². The number of carbonyl (C=O) groups excluding carboxylic acids is 2. The molecule has 0 bridgehead atoms. The lowest BCUT2D eigenvalue weighted by Crippen LogP contribution is -2.35. The first-order chi connectivity index (χ1) is 11.9. The lowest BCUT2D eigenvalue weighted by atomic mass is 10.2. The van der Waals surface area contributed by atoms with Crippen molar-refractivity contribution in [3.05, 3.63) is 54.1 Å². The van der Waals surface area contributed by atoms with Crippen LogP contribution in [0.4, 0.5) is 11.4 Å². The SMILES string of the molecule is Cc1ccc(OCC(=O)NCC(=O)Nc2ccc(N(C)C)cc2)cc1. The highest BCUT2D eigenvalue weighted by Gasteiger charge is 2.07. The minimum atomic E-state index is -0.348. The molecule has 0 aliphatic rings. The molecule has 0 heterocycles. The second kappa shape index (κ2) is 8.73. The first kappa shape index (κ1) is 18.3. The van der Waals surface area contributed by atoms with Gasteiger partial charge in [-0.2, -0.15) is 0 Å². The summed E-state index contributed by atoms with van der Waals surface area (Å²) >= 11 is 0. The number of hydrogen-bond donors (Lipinski definition) is 2. The van der Waals surface area contributed by atoms with Gasteiger partial charge < -0.3 is 20.3 Å². The van der Waals surface area contributed by atoms with E-state index < -0.39 is 0 Å². The summed E-state index contributed by atoms with van der Waals surface area (Å²) in [6.45, 7) is 1.74. The van der Waals surface area contributed by atoms with Crippen LogP contribution >= 0.6 is 0 Å². The van der Waals surface area contributed by atoms with Crippen LogP contribution in [-0.4, -0.2) is 39.1 Å². The number of benzene rings is 2. The zero-order valence-electron chi connectivity index (χ0n) is 14.7. The summed E-state index contributed by atoms with van der Waals surface area (Å²) in [4.78, 5) is 25.6. The number of anilines is 2. The predicted octanol–water partition coefficient (Wildman–Crippen LogP) is 2.19. The van der Waals surface area contributed by atoms with Gasteiger partial charge in [-0.3, -0.25) is 9.59 Å². The van der Waals surface area contributed by atoms with Gasteiger partial charge in [0.15, 0.2) is 6.61 Å². The van der Waals surface area contributed by atoms with Gasteiger partial charge in [0.05, 0.1) is 6.54 Å². The Morgan fingerprint density at radius 2 is 1.60 bits per heavy atom. The van der Waals surface area contributed by atoms with E-state index in [0.29, 0.717) is 11.4 Å². The van der Waals surface area contributed by atoms with Gasteiger partial charge in [-0.1, -0.05) is 17.7 Å². The van der Waals surface area contributed by atoms with Crippen molar-refractivity contribution in [1.82, 2.24) is 5.32 Å². The van der Waals surface area contributed by atoms with Crippen molar-refractivity contribution in [3.63, 3.8) is 0 Å². The van der Waals surface area contributed by atoms with Crippen LogP contribution in [0.25, 0.3) is 0 Å². The molecule has 25 heavy (non-hydrogen) atoms. The maximum Gasteiger partial charge on any atom is 0.258 e. The first-order valence-electron chi connectivity index (χ1n) is 7.97. The summed E-state index contributed by atoms with van der Waals surface area (Å²) in [5.74, 6) is -0.0221. The number of hydrogen-bond acceptors (Lipinski definition) is 4. The Bertz CT molecular complexity index is 710. The van der Waals surface area contributed by atoms with Gasteiger partial charge >= 0.3 is 0 Å². The standard InChI is InChI=1S/C19H23N3O3/c1-14-4-10-17(11-5-14)25-13-19(24)20-12-18(23)21-15-6-8-16(9-7-15)22(2)3/h4-11H,12-13H2,1-3H3,(H,20,24)(H,21,23). The van der Waals surface area contributed by atoms with Crippen molar-refractivity contribution in [3.8, 4) is 5.75 Å². The number of ether oxygens (including phenoxy) is 1. The zero-order valence-corrected chi connectivity index (χ0v) is 14.7. The number of rotatable bonds is 7. The summed E-state index contributed by atoms with van der Waals surface area (Å²) in [6.07, 6.45) is 0. The molecule has 0 saturated carbocycles. The molecule has 0 saturated heterocycles. The van der Waals surface area contributed by atoms with E-state index >= 15 is 0 Å². The lowest BCUT2D eigenvalue weighted by Gasteiger charge is -2.13. The van der Waals surface area contributed by atoms with Gasteiger partial charge in [0.25, 0.3) is 5.91 Å². The molecule has 2 N–H and O–H groups in total. The van der Waals surface area contributed by atoms with Crippen LogP contribution < -0.4 is 20.3 Å².